The molecule has 0 saturated heterocycles. The normalized spacial score (nSPS) is 11.4. The molecule has 2 nitrogen and oxygen atoms in total. The summed E-state index contributed by atoms with van der Waals surface area (Å²) in [4.78, 5) is 15.6. The Hall–Kier alpha value is -2.24. The van der Waals surface area contributed by atoms with E-state index in [-0.39, 0.29) is 5.69 Å². The van der Waals surface area contributed by atoms with Gasteiger partial charge in [-0.3, -0.25) is 9.78 Å². The number of hydrogen-bond acceptors (Lipinski definition) is 2. The van der Waals surface area contributed by atoms with Gasteiger partial charge < -0.3 is 0 Å². The van der Waals surface area contributed by atoms with Crippen molar-refractivity contribution in [1.29, 1.82) is 0 Å². The van der Waals surface area contributed by atoms with Crippen LogP contribution in [0.1, 0.15) is 21.6 Å². The largest absolute Gasteiger partial charge is 0.416 e. The standard InChI is InChI=1S/C13H7F4NO/c14-10-5-4-8(13(15,16)17)7-9(10)12(19)11-3-1-2-6-18-11/h1-7H. The second-order valence-corrected chi connectivity index (χ2v) is 3.74. The van der Waals surface area contributed by atoms with Crippen LogP contribution < -0.4 is 0 Å². The van der Waals surface area contributed by atoms with Gasteiger partial charge in [0.2, 0.25) is 5.78 Å². The number of carbonyl (C=O) groups excluding carboxylic acids is 1. The van der Waals surface area contributed by atoms with Crippen LogP contribution in [-0.4, -0.2) is 10.8 Å². The molecule has 6 heteroatoms. The van der Waals surface area contributed by atoms with Crippen LogP contribution >= 0.6 is 0 Å². The lowest BCUT2D eigenvalue weighted by Crippen LogP contribution is -2.11. The molecule has 0 unspecified atom stereocenters. The van der Waals surface area contributed by atoms with Crippen molar-refractivity contribution in [2.45, 2.75) is 6.18 Å². The van der Waals surface area contributed by atoms with E-state index in [9.17, 15) is 22.4 Å². The number of pyridine rings is 1. The van der Waals surface area contributed by atoms with Crippen molar-refractivity contribution >= 4 is 5.78 Å². The molecule has 0 aliphatic carbocycles. The highest BCUT2D eigenvalue weighted by molar-refractivity contribution is 6.07. The van der Waals surface area contributed by atoms with Gasteiger partial charge in [-0.2, -0.15) is 13.2 Å². The maximum Gasteiger partial charge on any atom is 0.416 e. The molecule has 0 amide bonds. The summed E-state index contributed by atoms with van der Waals surface area (Å²) in [5.41, 5.74) is -1.83. The Morgan fingerprint density at radius 3 is 2.42 bits per heavy atom. The Morgan fingerprint density at radius 2 is 1.84 bits per heavy atom. The lowest BCUT2D eigenvalue weighted by molar-refractivity contribution is -0.137. The molecule has 98 valence electrons. The predicted molar refractivity (Wildman–Crippen MR) is 59.1 cm³/mol. The van der Waals surface area contributed by atoms with Crippen molar-refractivity contribution in [2.75, 3.05) is 0 Å². The van der Waals surface area contributed by atoms with Crippen LogP contribution in [0.4, 0.5) is 17.6 Å². The van der Waals surface area contributed by atoms with Gasteiger partial charge in [0.25, 0.3) is 0 Å². The molecular formula is C13H7F4NO. The summed E-state index contributed by atoms with van der Waals surface area (Å²) >= 11 is 0. The van der Waals surface area contributed by atoms with Gasteiger partial charge in [0.15, 0.2) is 0 Å². The highest BCUT2D eigenvalue weighted by atomic mass is 19.4. The summed E-state index contributed by atoms with van der Waals surface area (Å²) in [7, 11) is 0. The molecular weight excluding hydrogens is 262 g/mol. The molecule has 0 N–H and O–H groups in total. The summed E-state index contributed by atoms with van der Waals surface area (Å²) in [6, 6.07) is 6.04. The Labute approximate surface area is 105 Å². The van der Waals surface area contributed by atoms with Crippen LogP contribution in [0.5, 0.6) is 0 Å². The molecule has 2 rings (SSSR count). The second-order valence-electron chi connectivity index (χ2n) is 3.74. The summed E-state index contributed by atoms with van der Waals surface area (Å²) in [5, 5.41) is 0. The SMILES string of the molecule is O=C(c1ccccn1)c1cc(C(F)(F)F)ccc1F. The first-order chi connectivity index (χ1) is 8.89. The number of alkyl halides is 3. The van der Waals surface area contributed by atoms with E-state index >= 15 is 0 Å². The van der Waals surface area contributed by atoms with Crippen molar-refractivity contribution in [2.24, 2.45) is 0 Å². The van der Waals surface area contributed by atoms with Crippen molar-refractivity contribution in [3.63, 3.8) is 0 Å². The molecule has 0 bridgehead atoms. The zero-order chi connectivity index (χ0) is 14.0. The monoisotopic (exact) mass is 269 g/mol. The number of rotatable bonds is 2. The molecule has 1 aromatic carbocycles. The molecule has 1 heterocycles. The van der Waals surface area contributed by atoms with Gasteiger partial charge in [-0.05, 0) is 30.3 Å². The van der Waals surface area contributed by atoms with E-state index < -0.39 is 28.9 Å². The van der Waals surface area contributed by atoms with E-state index in [0.29, 0.717) is 18.2 Å². The highest BCUT2D eigenvalue weighted by Crippen LogP contribution is 2.30. The molecule has 0 aliphatic heterocycles. The zero-order valence-electron chi connectivity index (χ0n) is 9.41. The van der Waals surface area contributed by atoms with Crippen LogP contribution in [0.2, 0.25) is 0 Å². The molecule has 1 aromatic heterocycles. The second kappa shape index (κ2) is 4.79. The van der Waals surface area contributed by atoms with E-state index in [4.69, 9.17) is 0 Å². The first-order valence-corrected chi connectivity index (χ1v) is 5.22. The number of nitrogens with zero attached hydrogens (tertiary/aromatic N) is 1. The van der Waals surface area contributed by atoms with Crippen LogP contribution in [0.25, 0.3) is 0 Å². The summed E-state index contributed by atoms with van der Waals surface area (Å²) < 4.78 is 51.0. The first-order valence-electron chi connectivity index (χ1n) is 5.22. The van der Waals surface area contributed by atoms with Gasteiger partial charge >= 0.3 is 6.18 Å². The average Bonchev–Trinajstić information content (AvgIpc) is 2.38. The molecule has 2 aromatic rings. The number of carbonyl (C=O) groups is 1. The smallest absolute Gasteiger partial charge is 0.287 e. The van der Waals surface area contributed by atoms with Crippen LogP contribution in [0, 0.1) is 5.82 Å². The third kappa shape index (κ3) is 2.78. The van der Waals surface area contributed by atoms with Gasteiger partial charge in [-0.25, -0.2) is 4.39 Å². The zero-order valence-corrected chi connectivity index (χ0v) is 9.41. The quantitative estimate of drug-likeness (QED) is 0.617. The molecule has 0 fully saturated rings. The average molecular weight is 269 g/mol. The van der Waals surface area contributed by atoms with Crippen LogP contribution in [-0.2, 0) is 6.18 Å². The topological polar surface area (TPSA) is 30.0 Å². The Balaban J connectivity index is 2.48. The highest BCUT2D eigenvalue weighted by Gasteiger charge is 2.32. The molecule has 0 atom stereocenters. The molecule has 0 aliphatic rings. The summed E-state index contributed by atoms with van der Waals surface area (Å²) in [6.07, 6.45) is -3.33. The van der Waals surface area contributed by atoms with E-state index in [1.165, 1.54) is 18.3 Å². The minimum Gasteiger partial charge on any atom is -0.287 e. The fraction of sp³-hybridized carbons (Fsp3) is 0.0769. The van der Waals surface area contributed by atoms with Crippen LogP contribution in [0.15, 0.2) is 42.6 Å². The van der Waals surface area contributed by atoms with E-state index in [0.717, 1.165) is 0 Å². The minimum atomic E-state index is -4.63. The van der Waals surface area contributed by atoms with Gasteiger partial charge in [0.05, 0.1) is 11.1 Å². The van der Waals surface area contributed by atoms with Gasteiger partial charge in [-0.15, -0.1) is 0 Å². The Kier molecular flexibility index (Phi) is 3.33. The minimum absolute atomic E-state index is 0.110. The van der Waals surface area contributed by atoms with Gasteiger partial charge in [0.1, 0.15) is 11.5 Å². The summed E-state index contributed by atoms with van der Waals surface area (Å²) in [5.74, 6) is -1.90. The predicted octanol–water partition coefficient (Wildman–Crippen LogP) is 3.47. The number of aromatic nitrogens is 1. The molecule has 0 saturated carbocycles. The van der Waals surface area contributed by atoms with Crippen molar-refractivity contribution in [3.05, 3.63) is 65.2 Å². The fourth-order valence-corrected chi connectivity index (χ4v) is 1.51. The Bertz CT molecular complexity index is 608. The number of benzene rings is 1. The molecule has 19 heavy (non-hydrogen) atoms. The van der Waals surface area contributed by atoms with Crippen molar-refractivity contribution in [3.8, 4) is 0 Å². The van der Waals surface area contributed by atoms with Crippen LogP contribution in [0.3, 0.4) is 0 Å². The van der Waals surface area contributed by atoms with Crippen molar-refractivity contribution in [1.82, 2.24) is 4.98 Å². The van der Waals surface area contributed by atoms with E-state index in [1.54, 1.807) is 6.07 Å². The third-order valence-corrected chi connectivity index (χ3v) is 2.44. The maximum absolute atomic E-state index is 13.5. The number of halogens is 4. The molecule has 0 spiro atoms. The lowest BCUT2D eigenvalue weighted by Gasteiger charge is -2.09. The Morgan fingerprint density at radius 1 is 1.11 bits per heavy atom. The fourth-order valence-electron chi connectivity index (χ4n) is 1.51. The lowest BCUT2D eigenvalue weighted by atomic mass is 10.0. The van der Waals surface area contributed by atoms with E-state index in [1.807, 2.05) is 0 Å². The molecule has 0 radical (unpaired) electrons. The van der Waals surface area contributed by atoms with Gasteiger partial charge in [0, 0.05) is 6.20 Å². The summed E-state index contributed by atoms with van der Waals surface area (Å²) in [6.45, 7) is 0. The maximum atomic E-state index is 13.5. The number of ketones is 1. The van der Waals surface area contributed by atoms with E-state index in [2.05, 4.69) is 4.98 Å². The third-order valence-electron chi connectivity index (χ3n) is 2.44. The first kappa shape index (κ1) is 13.2. The van der Waals surface area contributed by atoms with Crippen molar-refractivity contribution < 1.29 is 22.4 Å². The number of hydrogen-bond donors (Lipinski definition) is 0. The van der Waals surface area contributed by atoms with Gasteiger partial charge in [-0.1, -0.05) is 6.07 Å².